The van der Waals surface area contributed by atoms with Crippen LogP contribution < -0.4 is 5.32 Å². The fourth-order valence-corrected chi connectivity index (χ4v) is 3.10. The first-order valence-corrected chi connectivity index (χ1v) is 7.79. The average molecular weight is 269 g/mol. The topological polar surface area (TPSA) is 47.0 Å². The summed E-state index contributed by atoms with van der Waals surface area (Å²) in [5.74, 6) is 0. The number of hydrogen-bond acceptors (Lipinski definition) is 5. The van der Waals surface area contributed by atoms with E-state index in [4.69, 9.17) is 4.74 Å². The van der Waals surface area contributed by atoms with Gasteiger partial charge in [-0.2, -0.15) is 0 Å². The molecule has 0 bridgehead atoms. The second-order valence-corrected chi connectivity index (χ2v) is 5.99. The van der Waals surface area contributed by atoms with Crippen LogP contribution in [0.25, 0.3) is 0 Å². The van der Waals surface area contributed by atoms with E-state index in [1.807, 2.05) is 0 Å². The van der Waals surface area contributed by atoms with Crippen molar-refractivity contribution in [3.63, 3.8) is 0 Å². The van der Waals surface area contributed by atoms with Crippen LogP contribution in [0.2, 0.25) is 0 Å². The second-order valence-electron chi connectivity index (χ2n) is 4.90. The Hall–Kier alpha value is -0.520. The predicted octanol–water partition coefficient (Wildman–Crippen LogP) is 2.71. The number of aromatic nitrogens is 2. The highest BCUT2D eigenvalue weighted by atomic mass is 32.1. The molecule has 1 saturated heterocycles. The molecule has 18 heavy (non-hydrogen) atoms. The maximum absolute atomic E-state index is 5.81. The zero-order valence-electron chi connectivity index (χ0n) is 11.3. The Morgan fingerprint density at radius 3 is 2.94 bits per heavy atom. The molecule has 4 nitrogen and oxygen atoms in total. The molecule has 1 aromatic rings. The third-order valence-corrected chi connectivity index (χ3v) is 4.24. The summed E-state index contributed by atoms with van der Waals surface area (Å²) in [7, 11) is 0. The molecule has 0 aromatic carbocycles. The van der Waals surface area contributed by atoms with Crippen molar-refractivity contribution in [2.24, 2.45) is 0 Å². The zero-order chi connectivity index (χ0) is 12.8. The largest absolute Gasteiger partial charge is 0.368 e. The highest BCUT2D eigenvalue weighted by Gasteiger charge is 2.26. The van der Waals surface area contributed by atoms with Crippen molar-refractivity contribution in [3.05, 3.63) is 10.0 Å². The quantitative estimate of drug-likeness (QED) is 0.773. The van der Waals surface area contributed by atoms with E-state index in [1.54, 1.807) is 11.3 Å². The van der Waals surface area contributed by atoms with Gasteiger partial charge in [0.15, 0.2) is 0 Å². The molecule has 2 rings (SSSR count). The normalized spacial score (nSPS) is 23.7. The van der Waals surface area contributed by atoms with Crippen molar-refractivity contribution >= 4 is 11.3 Å². The number of nitrogens with one attached hydrogen (secondary N) is 1. The van der Waals surface area contributed by atoms with Gasteiger partial charge in [0.1, 0.15) is 16.1 Å². The number of rotatable bonds is 7. The predicted molar refractivity (Wildman–Crippen MR) is 73.9 cm³/mol. The summed E-state index contributed by atoms with van der Waals surface area (Å²) in [4.78, 5) is 0. The van der Waals surface area contributed by atoms with E-state index in [1.165, 1.54) is 6.42 Å². The maximum Gasteiger partial charge on any atom is 0.146 e. The van der Waals surface area contributed by atoms with Crippen molar-refractivity contribution in [2.45, 2.75) is 58.2 Å². The third-order valence-electron chi connectivity index (χ3n) is 3.16. The lowest BCUT2D eigenvalue weighted by Crippen LogP contribution is -2.16. The lowest BCUT2D eigenvalue weighted by Gasteiger charge is -2.05. The van der Waals surface area contributed by atoms with Crippen LogP contribution in [0.5, 0.6) is 0 Å². The molecular weight excluding hydrogens is 246 g/mol. The zero-order valence-corrected chi connectivity index (χ0v) is 12.1. The summed E-state index contributed by atoms with van der Waals surface area (Å²) in [5.41, 5.74) is 0. The van der Waals surface area contributed by atoms with Gasteiger partial charge in [0.2, 0.25) is 0 Å². The van der Waals surface area contributed by atoms with Gasteiger partial charge in [0.25, 0.3) is 0 Å². The second kappa shape index (κ2) is 7.16. The van der Waals surface area contributed by atoms with Crippen LogP contribution in [0.3, 0.4) is 0 Å². The van der Waals surface area contributed by atoms with Gasteiger partial charge in [0.05, 0.1) is 6.10 Å². The van der Waals surface area contributed by atoms with Crippen LogP contribution in [0.15, 0.2) is 0 Å². The average Bonchev–Trinajstić information content (AvgIpc) is 2.97. The van der Waals surface area contributed by atoms with E-state index in [2.05, 4.69) is 29.4 Å². The minimum absolute atomic E-state index is 0.199. The van der Waals surface area contributed by atoms with Crippen molar-refractivity contribution in [1.29, 1.82) is 0 Å². The van der Waals surface area contributed by atoms with E-state index >= 15 is 0 Å². The van der Waals surface area contributed by atoms with E-state index in [0.29, 0.717) is 6.10 Å². The van der Waals surface area contributed by atoms with Crippen molar-refractivity contribution < 1.29 is 4.74 Å². The number of ether oxygens (including phenoxy) is 1. The number of nitrogens with zero attached hydrogens (tertiary/aromatic N) is 2. The highest BCUT2D eigenvalue weighted by Crippen LogP contribution is 2.33. The number of aryl methyl sites for hydroxylation is 1. The van der Waals surface area contributed by atoms with Crippen LogP contribution in [0.4, 0.5) is 0 Å². The van der Waals surface area contributed by atoms with Gasteiger partial charge in [-0.1, -0.05) is 18.3 Å². The van der Waals surface area contributed by atoms with Crippen LogP contribution in [-0.4, -0.2) is 29.4 Å². The molecule has 1 aromatic heterocycles. The first kappa shape index (κ1) is 13.9. The summed E-state index contributed by atoms with van der Waals surface area (Å²) in [6.07, 6.45) is 6.16. The summed E-state index contributed by atoms with van der Waals surface area (Å²) in [6, 6.07) is 0. The molecule has 0 spiro atoms. The minimum atomic E-state index is 0.199. The summed E-state index contributed by atoms with van der Waals surface area (Å²) < 4.78 is 5.81. The Morgan fingerprint density at radius 1 is 1.33 bits per heavy atom. The lowest BCUT2D eigenvalue weighted by atomic mass is 10.2. The van der Waals surface area contributed by atoms with Gasteiger partial charge in [-0.05, 0) is 45.7 Å². The summed E-state index contributed by atoms with van der Waals surface area (Å²) >= 11 is 1.72. The molecule has 1 fully saturated rings. The Bertz CT molecular complexity index is 356. The van der Waals surface area contributed by atoms with Crippen molar-refractivity contribution in [2.75, 3.05) is 13.1 Å². The van der Waals surface area contributed by atoms with E-state index < -0.39 is 0 Å². The Morgan fingerprint density at radius 2 is 2.22 bits per heavy atom. The van der Waals surface area contributed by atoms with Crippen LogP contribution in [0.1, 0.15) is 55.6 Å². The molecule has 1 aliphatic heterocycles. The highest BCUT2D eigenvalue weighted by molar-refractivity contribution is 7.11. The molecule has 0 radical (unpaired) electrons. The smallest absolute Gasteiger partial charge is 0.146 e. The van der Waals surface area contributed by atoms with Gasteiger partial charge in [0, 0.05) is 6.42 Å². The molecule has 102 valence electrons. The monoisotopic (exact) mass is 269 g/mol. The van der Waals surface area contributed by atoms with Crippen molar-refractivity contribution in [1.82, 2.24) is 15.5 Å². The fraction of sp³-hybridized carbons (Fsp3) is 0.846. The van der Waals surface area contributed by atoms with Gasteiger partial charge >= 0.3 is 0 Å². The standard InChI is InChI=1S/C13H23N3OS/c1-3-8-14-9-4-5-12-15-16-13(18-12)11-7-6-10(2)17-11/h10-11,14H,3-9H2,1-2H3. The molecule has 2 unspecified atom stereocenters. The Balaban J connectivity index is 1.72. The SMILES string of the molecule is CCCNCCCc1nnc(C2CCC(C)O2)s1. The van der Waals surface area contributed by atoms with E-state index in [9.17, 15) is 0 Å². The molecule has 0 aliphatic carbocycles. The van der Waals surface area contributed by atoms with Crippen molar-refractivity contribution in [3.8, 4) is 0 Å². The van der Waals surface area contributed by atoms with Crippen LogP contribution in [-0.2, 0) is 11.2 Å². The molecule has 2 atom stereocenters. The van der Waals surface area contributed by atoms with E-state index in [0.717, 1.165) is 48.8 Å². The maximum atomic E-state index is 5.81. The molecule has 0 amide bonds. The summed E-state index contributed by atoms with van der Waals surface area (Å²) in [6.45, 7) is 6.49. The van der Waals surface area contributed by atoms with Gasteiger partial charge in [-0.15, -0.1) is 10.2 Å². The first-order valence-electron chi connectivity index (χ1n) is 6.98. The Labute approximate surface area is 113 Å². The third kappa shape index (κ3) is 4.00. The molecule has 1 aliphatic rings. The fourth-order valence-electron chi connectivity index (χ4n) is 2.15. The van der Waals surface area contributed by atoms with Gasteiger partial charge < -0.3 is 10.1 Å². The van der Waals surface area contributed by atoms with Crippen LogP contribution in [0, 0.1) is 0 Å². The molecule has 2 heterocycles. The molecule has 5 heteroatoms. The van der Waals surface area contributed by atoms with E-state index in [-0.39, 0.29) is 6.10 Å². The van der Waals surface area contributed by atoms with Gasteiger partial charge in [-0.25, -0.2) is 0 Å². The molecule has 0 saturated carbocycles. The first-order chi connectivity index (χ1) is 8.79. The van der Waals surface area contributed by atoms with Gasteiger partial charge in [-0.3, -0.25) is 0 Å². The molecular formula is C13H23N3OS. The summed E-state index contributed by atoms with van der Waals surface area (Å²) in [5, 5.41) is 14.2. The number of hydrogen-bond donors (Lipinski definition) is 1. The molecule has 1 N–H and O–H groups in total. The Kier molecular flexibility index (Phi) is 5.53. The minimum Gasteiger partial charge on any atom is -0.368 e. The van der Waals surface area contributed by atoms with Crippen LogP contribution >= 0.6 is 11.3 Å². The lowest BCUT2D eigenvalue weighted by molar-refractivity contribution is 0.0550.